The fraction of sp³-hybridized carbons (Fsp3) is 0.261. The van der Waals surface area contributed by atoms with Crippen LogP contribution in [0, 0.1) is 0 Å². The smallest absolute Gasteiger partial charge is 0.261 e. The van der Waals surface area contributed by atoms with Crippen molar-refractivity contribution in [3.05, 3.63) is 82.5 Å². The minimum absolute atomic E-state index is 0.0600. The van der Waals surface area contributed by atoms with Crippen LogP contribution in [0.4, 0.5) is 5.69 Å². The summed E-state index contributed by atoms with van der Waals surface area (Å²) in [6.45, 7) is 6.24. The van der Waals surface area contributed by atoms with Gasteiger partial charge in [-0.3, -0.25) is 9.71 Å². The van der Waals surface area contributed by atoms with Gasteiger partial charge in [-0.1, -0.05) is 50.6 Å². The summed E-state index contributed by atoms with van der Waals surface area (Å²) in [5.74, 6) is 0. The van der Waals surface area contributed by atoms with Crippen LogP contribution in [0.15, 0.2) is 76.3 Å². The Morgan fingerprint density at radius 3 is 2.50 bits per heavy atom. The Morgan fingerprint density at radius 1 is 1.13 bits per heavy atom. The first kappa shape index (κ1) is 22.3. The molecule has 1 unspecified atom stereocenters. The van der Waals surface area contributed by atoms with Crippen molar-refractivity contribution in [2.24, 2.45) is 10.7 Å². The average molecular weight is 444 g/mol. The largest absolute Gasteiger partial charge is 0.320 e. The predicted molar refractivity (Wildman–Crippen MR) is 125 cm³/mol. The number of anilines is 1. The highest BCUT2D eigenvalue weighted by molar-refractivity contribution is 7.92. The Labute approximate surface area is 183 Å². The molecule has 3 N–H and O–H groups in total. The summed E-state index contributed by atoms with van der Waals surface area (Å²) < 4.78 is 28.7. The number of hydrogen-bond donors (Lipinski definition) is 2. The summed E-state index contributed by atoms with van der Waals surface area (Å²) in [6, 6.07) is 11.3. The first-order chi connectivity index (χ1) is 14.1. The van der Waals surface area contributed by atoms with Crippen molar-refractivity contribution in [2.45, 2.75) is 43.5 Å². The molecule has 30 heavy (non-hydrogen) atoms. The zero-order chi connectivity index (χ0) is 21.9. The summed E-state index contributed by atoms with van der Waals surface area (Å²) in [5.41, 5.74) is 9.29. The molecule has 0 aromatic heterocycles. The summed E-state index contributed by atoms with van der Waals surface area (Å²) in [4.78, 5) is 4.30. The van der Waals surface area contributed by atoms with Crippen molar-refractivity contribution >= 4 is 33.5 Å². The number of halogens is 1. The molecular formula is C23H26ClN3O2S. The van der Waals surface area contributed by atoms with Crippen LogP contribution < -0.4 is 10.5 Å². The van der Waals surface area contributed by atoms with Gasteiger partial charge in [0.25, 0.3) is 10.0 Å². The minimum atomic E-state index is -3.79. The second kappa shape index (κ2) is 8.76. The van der Waals surface area contributed by atoms with E-state index in [0.29, 0.717) is 22.7 Å². The van der Waals surface area contributed by atoms with E-state index < -0.39 is 16.1 Å². The second-order valence-corrected chi connectivity index (χ2v) is 10.3. The molecule has 0 spiro atoms. The fourth-order valence-electron chi connectivity index (χ4n) is 3.14. The maximum Gasteiger partial charge on any atom is 0.261 e. The molecule has 1 atom stereocenters. The van der Waals surface area contributed by atoms with Crippen molar-refractivity contribution in [3.63, 3.8) is 0 Å². The van der Waals surface area contributed by atoms with Gasteiger partial charge in [0, 0.05) is 23.9 Å². The standard InChI is InChI=1S/C23H26ClN3O2S/c1-23(2,3)17-6-9-19(10-7-17)30(28,29)27-21-11-8-18(24)15-20(21)22(25)16-5-4-13-26-14-12-16/h5-15,22,27H,4,25H2,1-3H3. The molecular weight excluding hydrogens is 418 g/mol. The van der Waals surface area contributed by atoms with Gasteiger partial charge in [0.15, 0.2) is 0 Å². The first-order valence-electron chi connectivity index (χ1n) is 9.64. The van der Waals surface area contributed by atoms with Gasteiger partial charge >= 0.3 is 0 Å². The number of nitrogens with one attached hydrogen (secondary N) is 1. The second-order valence-electron chi connectivity index (χ2n) is 8.18. The molecule has 2 aromatic rings. The van der Waals surface area contributed by atoms with E-state index in [1.165, 1.54) is 0 Å². The van der Waals surface area contributed by atoms with Gasteiger partial charge in [-0.05, 0) is 58.5 Å². The number of sulfonamides is 1. The van der Waals surface area contributed by atoms with Crippen LogP contribution in [0.25, 0.3) is 0 Å². The molecule has 0 bridgehead atoms. The van der Waals surface area contributed by atoms with E-state index in [2.05, 4.69) is 30.5 Å². The molecule has 0 saturated carbocycles. The maximum atomic E-state index is 13.0. The van der Waals surface area contributed by atoms with Gasteiger partial charge in [0.2, 0.25) is 0 Å². The number of aliphatic imine (C=N–C) groups is 1. The molecule has 2 aromatic carbocycles. The average Bonchev–Trinajstić information content (AvgIpc) is 2.97. The Morgan fingerprint density at radius 2 is 1.83 bits per heavy atom. The molecule has 158 valence electrons. The number of benzene rings is 2. The molecule has 1 aliphatic rings. The molecule has 0 aliphatic carbocycles. The van der Waals surface area contributed by atoms with E-state index in [1.54, 1.807) is 42.7 Å². The number of nitrogens with zero attached hydrogens (tertiary/aromatic N) is 1. The lowest BCUT2D eigenvalue weighted by Crippen LogP contribution is -2.19. The highest BCUT2D eigenvalue weighted by Gasteiger charge is 2.21. The van der Waals surface area contributed by atoms with E-state index in [1.807, 2.05) is 24.3 Å². The quantitative estimate of drug-likeness (QED) is 0.652. The van der Waals surface area contributed by atoms with Gasteiger partial charge in [-0.15, -0.1) is 0 Å². The third-order valence-corrected chi connectivity index (χ3v) is 6.52. The highest BCUT2D eigenvalue weighted by atomic mass is 35.5. The SMILES string of the molecule is CC(C)(C)c1ccc(S(=O)(=O)Nc2ccc(Cl)cc2C(N)C2=CCC=NC=C2)cc1. The van der Waals surface area contributed by atoms with Crippen molar-refractivity contribution in [2.75, 3.05) is 4.72 Å². The van der Waals surface area contributed by atoms with Crippen molar-refractivity contribution in [3.8, 4) is 0 Å². The number of allylic oxidation sites excluding steroid dienone is 1. The maximum absolute atomic E-state index is 13.0. The normalized spacial score (nSPS) is 15.4. The van der Waals surface area contributed by atoms with Crippen LogP contribution in [0.5, 0.6) is 0 Å². The van der Waals surface area contributed by atoms with E-state index in [4.69, 9.17) is 17.3 Å². The summed E-state index contributed by atoms with van der Waals surface area (Å²) in [7, 11) is -3.79. The van der Waals surface area contributed by atoms with Gasteiger partial charge in [0.1, 0.15) is 0 Å². The predicted octanol–water partition coefficient (Wildman–Crippen LogP) is 5.35. The van der Waals surface area contributed by atoms with Gasteiger partial charge in [-0.2, -0.15) is 0 Å². The lowest BCUT2D eigenvalue weighted by Gasteiger charge is -2.20. The molecule has 5 nitrogen and oxygen atoms in total. The first-order valence-corrected chi connectivity index (χ1v) is 11.5. The Balaban J connectivity index is 1.93. The van der Waals surface area contributed by atoms with Crippen LogP contribution in [0.2, 0.25) is 5.02 Å². The van der Waals surface area contributed by atoms with E-state index in [9.17, 15) is 8.42 Å². The van der Waals surface area contributed by atoms with Crippen LogP contribution in [-0.2, 0) is 15.4 Å². The summed E-state index contributed by atoms with van der Waals surface area (Å²) in [6.07, 6.45) is 7.88. The van der Waals surface area contributed by atoms with Gasteiger partial charge in [-0.25, -0.2) is 8.42 Å². The minimum Gasteiger partial charge on any atom is -0.320 e. The Hall–Kier alpha value is -2.41. The molecule has 7 heteroatoms. The van der Waals surface area contributed by atoms with Crippen molar-refractivity contribution in [1.82, 2.24) is 0 Å². The number of nitrogens with two attached hydrogens (primary N) is 1. The van der Waals surface area contributed by atoms with E-state index >= 15 is 0 Å². The molecule has 1 aliphatic heterocycles. The molecule has 3 rings (SSSR count). The van der Waals surface area contributed by atoms with Crippen LogP contribution in [-0.4, -0.2) is 14.6 Å². The van der Waals surface area contributed by atoms with E-state index in [-0.39, 0.29) is 10.3 Å². The Kier molecular flexibility index (Phi) is 6.50. The van der Waals surface area contributed by atoms with Crippen LogP contribution in [0.1, 0.15) is 44.4 Å². The lowest BCUT2D eigenvalue weighted by atomic mass is 9.87. The third kappa shape index (κ3) is 5.19. The van der Waals surface area contributed by atoms with Crippen LogP contribution >= 0.6 is 11.6 Å². The number of rotatable bonds is 5. The molecule has 1 heterocycles. The monoisotopic (exact) mass is 443 g/mol. The summed E-state index contributed by atoms with van der Waals surface area (Å²) >= 11 is 6.19. The lowest BCUT2D eigenvalue weighted by molar-refractivity contribution is 0.587. The highest BCUT2D eigenvalue weighted by Crippen LogP contribution is 2.32. The molecule has 0 saturated heterocycles. The molecule has 0 fully saturated rings. The Bertz CT molecular complexity index is 1110. The topological polar surface area (TPSA) is 84.5 Å². The zero-order valence-electron chi connectivity index (χ0n) is 17.3. The number of hydrogen-bond acceptors (Lipinski definition) is 4. The third-order valence-electron chi connectivity index (χ3n) is 4.90. The van der Waals surface area contributed by atoms with E-state index in [0.717, 1.165) is 11.1 Å². The van der Waals surface area contributed by atoms with Crippen LogP contribution in [0.3, 0.4) is 0 Å². The summed E-state index contributed by atoms with van der Waals surface area (Å²) in [5, 5.41) is 0.479. The zero-order valence-corrected chi connectivity index (χ0v) is 18.8. The van der Waals surface area contributed by atoms with Crippen molar-refractivity contribution < 1.29 is 8.42 Å². The van der Waals surface area contributed by atoms with Gasteiger partial charge < -0.3 is 5.73 Å². The fourth-order valence-corrected chi connectivity index (χ4v) is 4.41. The van der Waals surface area contributed by atoms with Gasteiger partial charge in [0.05, 0.1) is 16.6 Å². The molecule has 0 radical (unpaired) electrons. The molecule has 0 amide bonds. The van der Waals surface area contributed by atoms with Crippen molar-refractivity contribution in [1.29, 1.82) is 0 Å².